The number of carbonyl (C=O) groups excluding carboxylic acids is 4. The summed E-state index contributed by atoms with van der Waals surface area (Å²) < 4.78 is 26.5. The van der Waals surface area contributed by atoms with Crippen LogP contribution in [0.3, 0.4) is 0 Å². The molecule has 208 valence electrons. The molecule has 1 N–H and O–H groups in total. The van der Waals surface area contributed by atoms with Gasteiger partial charge in [-0.05, 0) is 33.1 Å². The third-order valence-corrected chi connectivity index (χ3v) is 8.62. The summed E-state index contributed by atoms with van der Waals surface area (Å²) >= 11 is 6.59. The second kappa shape index (κ2) is 13.0. The van der Waals surface area contributed by atoms with Crippen LogP contribution in [-0.4, -0.2) is 85.3 Å². The Labute approximate surface area is 233 Å². The van der Waals surface area contributed by atoms with Gasteiger partial charge in [-0.15, -0.1) is 0 Å². The Balaban J connectivity index is 1.34. The largest absolute Gasteiger partial charge is 0.465 e. The number of methoxy groups -OCH3 is 1. The first-order valence-corrected chi connectivity index (χ1v) is 14.3. The molecule has 0 aromatic rings. The molecule has 1 saturated heterocycles. The minimum atomic E-state index is -1.21. The molecule has 37 heavy (non-hydrogen) atoms. The van der Waals surface area contributed by atoms with Crippen molar-refractivity contribution in [3.05, 3.63) is 12.2 Å². The van der Waals surface area contributed by atoms with Crippen molar-refractivity contribution in [3.63, 3.8) is 0 Å². The van der Waals surface area contributed by atoms with E-state index in [1.165, 1.54) is 7.11 Å². The summed E-state index contributed by atoms with van der Waals surface area (Å²) in [5.41, 5.74) is -1.40. The summed E-state index contributed by atoms with van der Waals surface area (Å²) in [6.45, 7) is 3.58. The molecule has 1 aliphatic heterocycles. The van der Waals surface area contributed by atoms with Crippen LogP contribution >= 0.6 is 31.9 Å². The van der Waals surface area contributed by atoms with E-state index in [-0.39, 0.29) is 61.8 Å². The zero-order chi connectivity index (χ0) is 27.2. The molecular weight excluding hydrogens is 618 g/mol. The number of halogens is 2. The average molecular weight is 653 g/mol. The van der Waals surface area contributed by atoms with Gasteiger partial charge in [0, 0.05) is 18.9 Å². The van der Waals surface area contributed by atoms with Crippen LogP contribution in [0.25, 0.3) is 0 Å². The predicted octanol–water partition coefficient (Wildman–Crippen LogP) is 2.45. The van der Waals surface area contributed by atoms with Crippen LogP contribution in [0.5, 0.6) is 0 Å². The lowest BCUT2D eigenvalue weighted by atomic mass is 9.79. The lowest BCUT2D eigenvalue weighted by molar-refractivity contribution is -0.166. The predicted molar refractivity (Wildman–Crippen MR) is 139 cm³/mol. The fourth-order valence-corrected chi connectivity index (χ4v) is 5.66. The molecule has 1 heterocycles. The molecule has 0 radical (unpaired) electrons. The lowest BCUT2D eigenvalue weighted by Crippen LogP contribution is -2.42. The van der Waals surface area contributed by atoms with Crippen molar-refractivity contribution in [3.8, 4) is 0 Å². The monoisotopic (exact) mass is 651 g/mol. The van der Waals surface area contributed by atoms with Crippen molar-refractivity contribution in [2.75, 3.05) is 40.1 Å². The number of nitrogens with one attached hydrogen (secondary N) is 1. The molecule has 1 saturated carbocycles. The topological polar surface area (TPSA) is 130 Å². The van der Waals surface area contributed by atoms with Crippen molar-refractivity contribution in [2.24, 2.45) is 17.3 Å². The van der Waals surface area contributed by atoms with Crippen LogP contribution in [0.4, 0.5) is 0 Å². The van der Waals surface area contributed by atoms with Gasteiger partial charge in [0.05, 0.1) is 25.9 Å². The molecule has 7 unspecified atom stereocenters. The van der Waals surface area contributed by atoms with Gasteiger partial charge in [0.2, 0.25) is 5.91 Å². The Bertz CT molecular complexity index is 899. The Morgan fingerprint density at radius 2 is 1.78 bits per heavy atom. The zero-order valence-electron chi connectivity index (χ0n) is 21.3. The molecule has 7 atom stereocenters. The number of epoxide rings is 1. The fourth-order valence-electron chi connectivity index (χ4n) is 4.74. The van der Waals surface area contributed by atoms with Crippen molar-refractivity contribution in [1.82, 2.24) is 5.32 Å². The smallest absolute Gasteiger partial charge is 0.319 e. The Morgan fingerprint density at radius 1 is 1.11 bits per heavy atom. The molecule has 10 nitrogen and oxygen atoms in total. The second-order valence-electron chi connectivity index (χ2n) is 9.83. The lowest BCUT2D eigenvalue weighted by Gasteiger charge is -2.28. The first-order chi connectivity index (χ1) is 17.6. The van der Waals surface area contributed by atoms with Crippen molar-refractivity contribution < 1.29 is 42.9 Å². The van der Waals surface area contributed by atoms with Gasteiger partial charge >= 0.3 is 17.9 Å². The SMILES string of the molecule is CCOC(=O)C(Br)CCCC(Br)C(=O)OCC(C)(COC)C(=O)OCCNC(=O)C1CC2OC23C=CC13. The van der Waals surface area contributed by atoms with Gasteiger partial charge in [-0.1, -0.05) is 50.4 Å². The van der Waals surface area contributed by atoms with Gasteiger partial charge in [-0.2, -0.15) is 0 Å². The number of hydrogen-bond acceptors (Lipinski definition) is 9. The Kier molecular flexibility index (Phi) is 10.6. The summed E-state index contributed by atoms with van der Waals surface area (Å²) in [5.74, 6) is -1.48. The molecule has 2 aliphatic carbocycles. The zero-order valence-corrected chi connectivity index (χ0v) is 24.5. The summed E-state index contributed by atoms with van der Waals surface area (Å²) in [4.78, 5) is 48.4. The highest BCUT2D eigenvalue weighted by Crippen LogP contribution is 2.62. The highest BCUT2D eigenvalue weighted by Gasteiger charge is 2.71. The average Bonchev–Trinajstić information content (AvgIpc) is 3.55. The highest BCUT2D eigenvalue weighted by molar-refractivity contribution is 9.10. The molecule has 3 aliphatic rings. The van der Waals surface area contributed by atoms with Crippen LogP contribution in [0.15, 0.2) is 12.2 Å². The molecule has 0 aromatic carbocycles. The fraction of sp³-hybridized carbons (Fsp3) is 0.760. The third kappa shape index (κ3) is 7.13. The molecule has 2 fully saturated rings. The maximum atomic E-state index is 12.8. The molecule has 0 aromatic heterocycles. The van der Waals surface area contributed by atoms with E-state index in [1.54, 1.807) is 13.8 Å². The second-order valence-corrected chi connectivity index (χ2v) is 12.0. The molecule has 1 spiro atoms. The molecular formula is C25H35Br2NO9. The van der Waals surface area contributed by atoms with E-state index >= 15 is 0 Å². The first-order valence-electron chi connectivity index (χ1n) is 12.5. The van der Waals surface area contributed by atoms with Crippen LogP contribution in [-0.2, 0) is 42.9 Å². The van der Waals surface area contributed by atoms with Crippen LogP contribution in [0.2, 0.25) is 0 Å². The maximum absolute atomic E-state index is 12.8. The van der Waals surface area contributed by atoms with Gasteiger partial charge in [0.1, 0.15) is 33.9 Å². The Morgan fingerprint density at radius 3 is 2.35 bits per heavy atom. The van der Waals surface area contributed by atoms with Crippen molar-refractivity contribution in [2.45, 2.75) is 60.9 Å². The maximum Gasteiger partial charge on any atom is 0.319 e. The van der Waals surface area contributed by atoms with E-state index < -0.39 is 27.0 Å². The number of hydrogen-bond donors (Lipinski definition) is 1. The van der Waals surface area contributed by atoms with E-state index in [4.69, 9.17) is 23.7 Å². The minimum Gasteiger partial charge on any atom is -0.465 e. The summed E-state index contributed by atoms with van der Waals surface area (Å²) in [6.07, 6.45) is 6.44. The quantitative estimate of drug-likeness (QED) is 0.0667. The summed E-state index contributed by atoms with van der Waals surface area (Å²) in [6, 6.07) is 0. The minimum absolute atomic E-state index is 0.00856. The number of alkyl halides is 2. The van der Waals surface area contributed by atoms with Gasteiger partial charge in [-0.3, -0.25) is 19.2 Å². The number of rotatable bonds is 16. The molecule has 1 amide bonds. The molecule has 0 bridgehead atoms. The van der Waals surface area contributed by atoms with Crippen LogP contribution in [0.1, 0.15) is 39.5 Å². The van der Waals surface area contributed by atoms with Crippen LogP contribution in [0, 0.1) is 17.3 Å². The van der Waals surface area contributed by atoms with Gasteiger partial charge in [0.15, 0.2) is 0 Å². The van der Waals surface area contributed by atoms with Gasteiger partial charge < -0.3 is 29.0 Å². The van der Waals surface area contributed by atoms with Gasteiger partial charge in [0.25, 0.3) is 0 Å². The highest BCUT2D eigenvalue weighted by atomic mass is 79.9. The van der Waals surface area contributed by atoms with Crippen LogP contribution < -0.4 is 5.32 Å². The number of amides is 1. The van der Waals surface area contributed by atoms with Gasteiger partial charge in [-0.25, -0.2) is 0 Å². The number of carbonyl (C=O) groups is 4. The summed E-state index contributed by atoms with van der Waals surface area (Å²) in [7, 11) is 1.44. The van der Waals surface area contributed by atoms with E-state index in [0.29, 0.717) is 32.3 Å². The van der Waals surface area contributed by atoms with E-state index in [9.17, 15) is 19.2 Å². The normalized spacial score (nSPS) is 28.0. The number of esters is 3. The summed E-state index contributed by atoms with van der Waals surface area (Å²) in [5, 5.41) is 2.83. The molecule has 12 heteroatoms. The first kappa shape index (κ1) is 30.0. The molecule has 3 rings (SSSR count). The van der Waals surface area contributed by atoms with E-state index in [1.807, 2.05) is 12.2 Å². The van der Waals surface area contributed by atoms with E-state index in [0.717, 1.165) is 0 Å². The van der Waals surface area contributed by atoms with Crippen molar-refractivity contribution in [1.29, 1.82) is 0 Å². The number of ether oxygens (including phenoxy) is 5. The standard InChI is InChI=1S/C25H35Br2NO9/c1-4-34-21(30)17(26)6-5-7-18(27)22(31)36-14-24(2,13-33-3)23(32)35-11-10-28-20(29)15-12-19-25(37-19)9-8-16(15)25/h8-9,15-19H,4-7,10-14H2,1-3H3,(H,28,29). The third-order valence-electron chi connectivity index (χ3n) is 6.95. The van der Waals surface area contributed by atoms with E-state index in [2.05, 4.69) is 37.2 Å². The van der Waals surface area contributed by atoms with Crippen molar-refractivity contribution >= 4 is 55.7 Å². The Hall–Kier alpha value is -1.50.